The molecular weight excluding hydrogens is 278 g/mol. The molecule has 1 unspecified atom stereocenters. The Labute approximate surface area is 129 Å². The third-order valence-electron chi connectivity index (χ3n) is 3.54. The van der Waals surface area contributed by atoms with E-state index in [1.165, 1.54) is 11.1 Å². The van der Waals surface area contributed by atoms with Gasteiger partial charge in [-0.15, -0.1) is 0 Å². The van der Waals surface area contributed by atoms with E-state index in [9.17, 15) is 4.21 Å². The minimum absolute atomic E-state index is 0.129. The third-order valence-corrected chi connectivity index (χ3v) is 4.91. The Morgan fingerprint density at radius 3 is 2.05 bits per heavy atom. The molecule has 0 bridgehead atoms. The molecule has 2 N–H and O–H groups in total. The van der Waals surface area contributed by atoms with Crippen molar-refractivity contribution in [3.05, 3.63) is 59.7 Å². The lowest BCUT2D eigenvalue weighted by Crippen LogP contribution is -2.11. The molecule has 0 spiro atoms. The van der Waals surface area contributed by atoms with Crippen LogP contribution in [0.15, 0.2) is 53.4 Å². The average molecular weight is 301 g/mol. The summed E-state index contributed by atoms with van der Waals surface area (Å²) in [4.78, 5) is 0.901. The molecule has 0 heterocycles. The lowest BCUT2D eigenvalue weighted by Gasteiger charge is -2.19. The quantitative estimate of drug-likeness (QED) is 0.870. The first kappa shape index (κ1) is 15.8. The summed E-state index contributed by atoms with van der Waals surface area (Å²) in [5.74, 6) is 0.638. The topological polar surface area (TPSA) is 43.1 Å². The van der Waals surface area contributed by atoms with Gasteiger partial charge in [-0.1, -0.05) is 45.0 Å². The van der Waals surface area contributed by atoms with E-state index in [2.05, 4.69) is 32.9 Å². The van der Waals surface area contributed by atoms with Gasteiger partial charge in [0, 0.05) is 16.3 Å². The van der Waals surface area contributed by atoms with E-state index in [-0.39, 0.29) is 5.41 Å². The maximum Gasteiger partial charge on any atom is 0.0532 e. The van der Waals surface area contributed by atoms with Crippen LogP contribution >= 0.6 is 0 Å². The largest absolute Gasteiger partial charge is 0.399 e. The van der Waals surface area contributed by atoms with Crippen molar-refractivity contribution in [1.82, 2.24) is 0 Å². The fourth-order valence-electron chi connectivity index (χ4n) is 2.12. The van der Waals surface area contributed by atoms with Crippen LogP contribution in [-0.4, -0.2) is 9.96 Å². The van der Waals surface area contributed by atoms with Crippen molar-refractivity contribution in [3.8, 4) is 0 Å². The van der Waals surface area contributed by atoms with Gasteiger partial charge >= 0.3 is 0 Å². The minimum atomic E-state index is -0.956. The molecule has 0 saturated carbocycles. The van der Waals surface area contributed by atoms with Gasteiger partial charge < -0.3 is 5.73 Å². The minimum Gasteiger partial charge on any atom is -0.399 e. The van der Waals surface area contributed by atoms with E-state index in [1.54, 1.807) is 0 Å². The molecule has 3 heteroatoms. The predicted molar refractivity (Wildman–Crippen MR) is 91.0 cm³/mol. The fourth-order valence-corrected chi connectivity index (χ4v) is 3.22. The first-order valence-corrected chi connectivity index (χ1v) is 8.51. The van der Waals surface area contributed by atoms with Crippen molar-refractivity contribution in [2.24, 2.45) is 0 Å². The molecule has 0 saturated heterocycles. The van der Waals surface area contributed by atoms with E-state index in [0.29, 0.717) is 5.75 Å². The Morgan fingerprint density at radius 1 is 0.952 bits per heavy atom. The van der Waals surface area contributed by atoms with E-state index in [0.717, 1.165) is 17.0 Å². The molecule has 0 amide bonds. The van der Waals surface area contributed by atoms with Gasteiger partial charge in [0.05, 0.1) is 10.8 Å². The number of hydrogen-bond donors (Lipinski definition) is 1. The highest BCUT2D eigenvalue weighted by molar-refractivity contribution is 7.85. The zero-order chi connectivity index (χ0) is 15.5. The van der Waals surface area contributed by atoms with E-state index in [4.69, 9.17) is 5.73 Å². The normalized spacial score (nSPS) is 13.1. The summed E-state index contributed by atoms with van der Waals surface area (Å²) in [6, 6.07) is 15.9. The van der Waals surface area contributed by atoms with Crippen molar-refractivity contribution in [3.63, 3.8) is 0 Å². The second kappa shape index (κ2) is 6.44. The van der Waals surface area contributed by atoms with Gasteiger partial charge in [-0.3, -0.25) is 4.21 Å². The number of anilines is 1. The van der Waals surface area contributed by atoms with Crippen molar-refractivity contribution in [2.45, 2.75) is 37.5 Å². The van der Waals surface area contributed by atoms with Crippen LogP contribution in [0.1, 0.15) is 31.9 Å². The molecule has 1 atom stereocenters. The highest BCUT2D eigenvalue weighted by Crippen LogP contribution is 2.23. The van der Waals surface area contributed by atoms with Crippen LogP contribution in [-0.2, 0) is 22.6 Å². The van der Waals surface area contributed by atoms with Crippen LogP contribution in [0, 0.1) is 0 Å². The van der Waals surface area contributed by atoms with E-state index >= 15 is 0 Å². The van der Waals surface area contributed by atoms with Crippen LogP contribution < -0.4 is 5.73 Å². The maximum atomic E-state index is 12.3. The van der Waals surface area contributed by atoms with Gasteiger partial charge in [0.1, 0.15) is 0 Å². The first-order valence-electron chi connectivity index (χ1n) is 7.19. The molecular formula is C18H23NOS. The third kappa shape index (κ3) is 4.43. The van der Waals surface area contributed by atoms with Gasteiger partial charge in [0.2, 0.25) is 0 Å². The summed E-state index contributed by atoms with van der Waals surface area (Å²) in [6.45, 7) is 6.54. The predicted octanol–water partition coefficient (Wildman–Crippen LogP) is 3.92. The Bertz CT molecular complexity index is 609. The number of hydrogen-bond acceptors (Lipinski definition) is 2. The number of nitrogen functional groups attached to an aromatic ring is 1. The molecule has 2 nitrogen and oxygen atoms in total. The lowest BCUT2D eigenvalue weighted by molar-refractivity contribution is 0.589. The smallest absolute Gasteiger partial charge is 0.0532 e. The zero-order valence-corrected chi connectivity index (χ0v) is 13.7. The van der Waals surface area contributed by atoms with Crippen LogP contribution in [0.25, 0.3) is 0 Å². The molecule has 0 aliphatic heterocycles. The second-order valence-electron chi connectivity index (χ2n) is 6.32. The van der Waals surface area contributed by atoms with Crippen LogP contribution in [0.4, 0.5) is 5.69 Å². The summed E-state index contributed by atoms with van der Waals surface area (Å²) in [5, 5.41) is 0. The summed E-state index contributed by atoms with van der Waals surface area (Å²) in [7, 11) is -0.956. The van der Waals surface area contributed by atoms with Crippen molar-refractivity contribution < 1.29 is 4.21 Å². The first-order chi connectivity index (χ1) is 9.86. The Balaban J connectivity index is 1.99. The number of nitrogens with two attached hydrogens (primary N) is 1. The average Bonchev–Trinajstić information content (AvgIpc) is 2.45. The molecule has 0 aliphatic carbocycles. The van der Waals surface area contributed by atoms with Gasteiger partial charge in [0.25, 0.3) is 0 Å². The van der Waals surface area contributed by atoms with Gasteiger partial charge in [-0.25, -0.2) is 0 Å². The standard InChI is InChI=1S/C18H23NOS/c1-18(2,3)15-6-10-17(11-7-15)21(20)13-12-14-4-8-16(19)9-5-14/h4-11H,12-13,19H2,1-3H3. The van der Waals surface area contributed by atoms with Crippen LogP contribution in [0.2, 0.25) is 0 Å². The van der Waals surface area contributed by atoms with Gasteiger partial charge in [-0.2, -0.15) is 0 Å². The highest BCUT2D eigenvalue weighted by atomic mass is 32.2. The molecule has 112 valence electrons. The molecule has 0 fully saturated rings. The van der Waals surface area contributed by atoms with Crippen molar-refractivity contribution >= 4 is 16.5 Å². The summed E-state index contributed by atoms with van der Waals surface area (Å²) >= 11 is 0. The molecule has 21 heavy (non-hydrogen) atoms. The molecule has 2 aromatic carbocycles. The SMILES string of the molecule is CC(C)(C)c1ccc(S(=O)CCc2ccc(N)cc2)cc1. The molecule has 2 rings (SSSR count). The second-order valence-corrected chi connectivity index (χ2v) is 7.89. The monoisotopic (exact) mass is 301 g/mol. The van der Waals surface area contributed by atoms with Gasteiger partial charge in [-0.05, 0) is 47.2 Å². The number of benzene rings is 2. The van der Waals surface area contributed by atoms with Crippen LogP contribution in [0.5, 0.6) is 0 Å². The summed E-state index contributed by atoms with van der Waals surface area (Å²) in [6.07, 6.45) is 0.800. The molecule has 0 aliphatic rings. The molecule has 0 aromatic heterocycles. The zero-order valence-electron chi connectivity index (χ0n) is 12.9. The maximum absolute atomic E-state index is 12.3. The number of rotatable bonds is 4. The Morgan fingerprint density at radius 2 is 1.52 bits per heavy atom. The van der Waals surface area contributed by atoms with Gasteiger partial charge in [0.15, 0.2) is 0 Å². The molecule has 2 aromatic rings. The Hall–Kier alpha value is -1.61. The Kier molecular flexibility index (Phi) is 4.84. The van der Waals surface area contributed by atoms with Crippen molar-refractivity contribution in [2.75, 3.05) is 11.5 Å². The molecule has 0 radical (unpaired) electrons. The fraction of sp³-hybridized carbons (Fsp3) is 0.333. The van der Waals surface area contributed by atoms with E-state index in [1.807, 2.05) is 36.4 Å². The number of aryl methyl sites for hydroxylation is 1. The van der Waals surface area contributed by atoms with Crippen LogP contribution in [0.3, 0.4) is 0 Å². The van der Waals surface area contributed by atoms with Crippen molar-refractivity contribution in [1.29, 1.82) is 0 Å². The lowest BCUT2D eigenvalue weighted by atomic mass is 9.87. The highest BCUT2D eigenvalue weighted by Gasteiger charge is 2.13. The summed E-state index contributed by atoms with van der Waals surface area (Å²) < 4.78 is 12.3. The summed E-state index contributed by atoms with van der Waals surface area (Å²) in [5.41, 5.74) is 8.99. The van der Waals surface area contributed by atoms with E-state index < -0.39 is 10.8 Å².